The van der Waals surface area contributed by atoms with Gasteiger partial charge in [0.05, 0.1) is 0 Å². The Morgan fingerprint density at radius 3 is 2.11 bits per heavy atom. The number of rotatable bonds is 10. The highest BCUT2D eigenvalue weighted by Crippen LogP contribution is 2.46. The molecule has 1 aliphatic rings. The molecule has 0 nitrogen and oxygen atoms in total. The molecule has 0 aromatic heterocycles. The molecule has 1 aliphatic carbocycles. The summed E-state index contributed by atoms with van der Waals surface area (Å²) in [5.74, 6) is 0.972. The van der Waals surface area contributed by atoms with Crippen molar-refractivity contribution in [2.24, 2.45) is 0 Å². The SMILES string of the molecule is C=C(/C=C\CCCc1ccc(-c2ccc(C3C=C3c3ccccc3)cc2)cc1)c1ccccc1C(C)C. The molecule has 0 N–H and O–H groups in total. The van der Waals surface area contributed by atoms with Gasteiger partial charge in [-0.25, -0.2) is 0 Å². The van der Waals surface area contributed by atoms with E-state index >= 15 is 0 Å². The maximum absolute atomic E-state index is 4.31. The number of unbranched alkanes of at least 4 members (excludes halogenated alkanes) is 1. The highest BCUT2D eigenvalue weighted by atomic mass is 14.3. The number of hydrogen-bond acceptors (Lipinski definition) is 0. The second kappa shape index (κ2) is 11.4. The number of aryl methyl sites for hydroxylation is 1. The van der Waals surface area contributed by atoms with Crippen LogP contribution in [-0.4, -0.2) is 0 Å². The zero-order chi connectivity index (χ0) is 25.6. The van der Waals surface area contributed by atoms with Crippen molar-refractivity contribution >= 4 is 11.1 Å². The van der Waals surface area contributed by atoms with Crippen LogP contribution in [0.25, 0.3) is 22.3 Å². The molecule has 4 aromatic carbocycles. The van der Waals surface area contributed by atoms with E-state index in [2.05, 4.69) is 142 Å². The monoisotopic (exact) mass is 480 g/mol. The zero-order valence-corrected chi connectivity index (χ0v) is 22.0. The van der Waals surface area contributed by atoms with Gasteiger partial charge in [-0.15, -0.1) is 0 Å². The summed E-state index contributed by atoms with van der Waals surface area (Å²) in [6.45, 7) is 8.79. The molecule has 4 aromatic rings. The van der Waals surface area contributed by atoms with Crippen LogP contribution in [0.5, 0.6) is 0 Å². The van der Waals surface area contributed by atoms with E-state index in [-0.39, 0.29) is 0 Å². The fraction of sp³-hybridized carbons (Fsp3) is 0.189. The summed E-state index contributed by atoms with van der Waals surface area (Å²) in [5.41, 5.74) is 11.8. The lowest BCUT2D eigenvalue weighted by Crippen LogP contribution is -1.93. The second-order valence-corrected chi connectivity index (χ2v) is 10.3. The zero-order valence-electron chi connectivity index (χ0n) is 22.0. The van der Waals surface area contributed by atoms with Crippen molar-refractivity contribution in [2.75, 3.05) is 0 Å². The Balaban J connectivity index is 1.10. The summed E-state index contributed by atoms with van der Waals surface area (Å²) in [5, 5.41) is 0. The maximum atomic E-state index is 4.31. The smallest absolute Gasteiger partial charge is 0.0278 e. The summed E-state index contributed by atoms with van der Waals surface area (Å²) >= 11 is 0. The third-order valence-corrected chi connectivity index (χ3v) is 7.32. The average Bonchev–Trinajstić information content (AvgIpc) is 3.75. The van der Waals surface area contributed by atoms with E-state index < -0.39 is 0 Å². The van der Waals surface area contributed by atoms with Gasteiger partial charge in [-0.05, 0) is 75.3 Å². The molecular formula is C37H36. The molecule has 0 fully saturated rings. The van der Waals surface area contributed by atoms with E-state index in [9.17, 15) is 0 Å². The topological polar surface area (TPSA) is 0 Å². The molecule has 0 heterocycles. The Labute approximate surface area is 222 Å². The van der Waals surface area contributed by atoms with Crippen LogP contribution in [0.4, 0.5) is 0 Å². The largest absolute Gasteiger partial charge is 0.0912 e. The normalized spacial score (nSPS) is 14.7. The fourth-order valence-corrected chi connectivity index (χ4v) is 5.09. The first-order chi connectivity index (χ1) is 18.1. The predicted octanol–water partition coefficient (Wildman–Crippen LogP) is 10.3. The third kappa shape index (κ3) is 6.09. The Kier molecular flexibility index (Phi) is 7.66. The van der Waals surface area contributed by atoms with Crippen molar-refractivity contribution in [1.29, 1.82) is 0 Å². The minimum atomic E-state index is 0.468. The molecule has 1 atom stereocenters. The van der Waals surface area contributed by atoms with Crippen LogP contribution in [0, 0.1) is 0 Å². The van der Waals surface area contributed by atoms with Crippen LogP contribution in [0.2, 0.25) is 0 Å². The molecule has 0 spiro atoms. The molecule has 5 rings (SSSR count). The first kappa shape index (κ1) is 24.8. The minimum Gasteiger partial charge on any atom is -0.0912 e. The molecule has 0 bridgehead atoms. The first-order valence-electron chi connectivity index (χ1n) is 13.5. The second-order valence-electron chi connectivity index (χ2n) is 10.3. The number of allylic oxidation sites excluding steroid dienone is 5. The Morgan fingerprint density at radius 2 is 1.41 bits per heavy atom. The molecule has 0 heteroatoms. The molecule has 37 heavy (non-hydrogen) atoms. The summed E-state index contributed by atoms with van der Waals surface area (Å²) in [7, 11) is 0. The van der Waals surface area contributed by atoms with Crippen molar-refractivity contribution in [3.8, 4) is 11.1 Å². The van der Waals surface area contributed by atoms with E-state index in [1.54, 1.807) is 0 Å². The van der Waals surface area contributed by atoms with Gasteiger partial charge in [0.15, 0.2) is 0 Å². The standard InChI is InChI=1S/C37H36/c1-27(2)34-16-10-11-17-35(34)28(3)12-6-4-7-13-29-18-20-30(21-19-29)31-22-24-33(25-23-31)37-26-36(37)32-14-8-5-9-15-32/h5-6,8-12,14-27,37H,3-4,7,13H2,1-2H3/b12-6-. The van der Waals surface area contributed by atoms with Crippen molar-refractivity contribution < 1.29 is 0 Å². The van der Waals surface area contributed by atoms with Crippen LogP contribution in [0.1, 0.15) is 66.3 Å². The summed E-state index contributed by atoms with van der Waals surface area (Å²) in [4.78, 5) is 0. The van der Waals surface area contributed by atoms with E-state index in [1.807, 2.05) is 0 Å². The van der Waals surface area contributed by atoms with Crippen molar-refractivity contribution in [2.45, 2.75) is 44.9 Å². The van der Waals surface area contributed by atoms with Gasteiger partial charge < -0.3 is 0 Å². The van der Waals surface area contributed by atoms with Crippen molar-refractivity contribution in [1.82, 2.24) is 0 Å². The third-order valence-electron chi connectivity index (χ3n) is 7.32. The van der Waals surface area contributed by atoms with Gasteiger partial charge in [0.2, 0.25) is 0 Å². The van der Waals surface area contributed by atoms with Crippen molar-refractivity contribution in [3.05, 3.63) is 156 Å². The van der Waals surface area contributed by atoms with Crippen LogP contribution in [0.3, 0.4) is 0 Å². The lowest BCUT2D eigenvalue weighted by Gasteiger charge is -2.12. The average molecular weight is 481 g/mol. The summed E-state index contributed by atoms with van der Waals surface area (Å²) in [6, 6.07) is 37.4. The van der Waals surface area contributed by atoms with Crippen molar-refractivity contribution in [3.63, 3.8) is 0 Å². The van der Waals surface area contributed by atoms with Crippen LogP contribution in [0.15, 0.2) is 128 Å². The molecule has 184 valence electrons. The molecular weight excluding hydrogens is 444 g/mol. The van der Waals surface area contributed by atoms with Gasteiger partial charge in [0.1, 0.15) is 0 Å². The van der Waals surface area contributed by atoms with Gasteiger partial charge in [-0.2, -0.15) is 0 Å². The molecule has 1 unspecified atom stereocenters. The van der Waals surface area contributed by atoms with Gasteiger partial charge in [-0.3, -0.25) is 0 Å². The lowest BCUT2D eigenvalue weighted by molar-refractivity contribution is 0.843. The van der Waals surface area contributed by atoms with Crippen LogP contribution < -0.4 is 0 Å². The van der Waals surface area contributed by atoms with E-state index in [0.29, 0.717) is 11.8 Å². The maximum Gasteiger partial charge on any atom is 0.0278 e. The van der Waals surface area contributed by atoms with Gasteiger partial charge >= 0.3 is 0 Å². The van der Waals surface area contributed by atoms with Gasteiger partial charge in [-0.1, -0.05) is 142 Å². The number of hydrogen-bond donors (Lipinski definition) is 0. The number of benzene rings is 4. The Hall–Kier alpha value is -3.90. The van der Waals surface area contributed by atoms with E-state index in [0.717, 1.165) is 24.8 Å². The quantitative estimate of drug-likeness (QED) is 0.156. The summed E-state index contributed by atoms with van der Waals surface area (Å²) < 4.78 is 0. The Morgan fingerprint density at radius 1 is 0.757 bits per heavy atom. The first-order valence-corrected chi connectivity index (χ1v) is 13.5. The van der Waals surface area contributed by atoms with Gasteiger partial charge in [0, 0.05) is 5.92 Å². The minimum absolute atomic E-state index is 0.468. The molecule has 0 amide bonds. The highest BCUT2D eigenvalue weighted by molar-refractivity contribution is 5.86. The van der Waals surface area contributed by atoms with Gasteiger partial charge in [0.25, 0.3) is 0 Å². The van der Waals surface area contributed by atoms with E-state index in [1.165, 1.54) is 44.5 Å². The van der Waals surface area contributed by atoms with Crippen LogP contribution in [-0.2, 0) is 6.42 Å². The molecule has 0 saturated carbocycles. The van der Waals surface area contributed by atoms with E-state index in [4.69, 9.17) is 0 Å². The lowest BCUT2D eigenvalue weighted by atomic mass is 9.93. The predicted molar refractivity (Wildman–Crippen MR) is 161 cm³/mol. The fourth-order valence-electron chi connectivity index (χ4n) is 5.09. The molecule has 0 aliphatic heterocycles. The van der Waals surface area contributed by atoms with Crippen LogP contribution >= 0.6 is 0 Å². The molecule has 0 saturated heterocycles. The molecule has 0 radical (unpaired) electrons. The highest BCUT2D eigenvalue weighted by Gasteiger charge is 2.27. The Bertz CT molecular complexity index is 1400. The summed E-state index contributed by atoms with van der Waals surface area (Å²) in [6.07, 6.45) is 10.1.